The lowest BCUT2D eigenvalue weighted by atomic mass is 9.76. The van der Waals surface area contributed by atoms with Crippen LogP contribution in [0.25, 0.3) is 0 Å². The van der Waals surface area contributed by atoms with Gasteiger partial charge in [-0.25, -0.2) is 4.79 Å². The Labute approximate surface area is 152 Å². The third-order valence-corrected chi connectivity index (χ3v) is 4.52. The van der Waals surface area contributed by atoms with Crippen molar-refractivity contribution in [1.82, 2.24) is 5.16 Å². The zero-order chi connectivity index (χ0) is 18.6. The fourth-order valence-electron chi connectivity index (χ4n) is 3.05. The van der Waals surface area contributed by atoms with E-state index in [1.165, 1.54) is 5.56 Å². The fourth-order valence-corrected chi connectivity index (χ4v) is 3.05. The highest BCUT2D eigenvalue weighted by Gasteiger charge is 2.32. The summed E-state index contributed by atoms with van der Waals surface area (Å²) in [5.74, 6) is 0.124. The predicted molar refractivity (Wildman–Crippen MR) is 96.4 cm³/mol. The molecule has 26 heavy (non-hydrogen) atoms. The van der Waals surface area contributed by atoms with E-state index >= 15 is 0 Å². The molecule has 1 aliphatic rings. The number of allylic oxidation sites excluding steroid dienone is 4. The van der Waals surface area contributed by atoms with Crippen LogP contribution in [-0.2, 0) is 11.2 Å². The van der Waals surface area contributed by atoms with Gasteiger partial charge >= 0.3 is 5.97 Å². The van der Waals surface area contributed by atoms with Crippen molar-refractivity contribution in [2.75, 3.05) is 6.61 Å². The molecule has 2 aromatic rings. The molecule has 0 aliphatic heterocycles. The maximum absolute atomic E-state index is 12.1. The van der Waals surface area contributed by atoms with Crippen molar-refractivity contribution in [1.29, 1.82) is 5.26 Å². The van der Waals surface area contributed by atoms with Gasteiger partial charge in [-0.05, 0) is 19.4 Å². The van der Waals surface area contributed by atoms with Gasteiger partial charge in [-0.3, -0.25) is 0 Å². The van der Waals surface area contributed by atoms with Crippen LogP contribution in [0.2, 0.25) is 0 Å². The molecular weight excluding hydrogens is 328 g/mol. The second kappa shape index (κ2) is 7.40. The number of rotatable bonds is 5. The van der Waals surface area contributed by atoms with Crippen molar-refractivity contribution in [2.45, 2.75) is 26.2 Å². The Morgan fingerprint density at radius 2 is 2.00 bits per heavy atom. The number of aromatic nitrogens is 1. The first-order valence-electron chi connectivity index (χ1n) is 8.56. The maximum Gasteiger partial charge on any atom is 0.360 e. The van der Waals surface area contributed by atoms with Crippen LogP contribution >= 0.6 is 0 Å². The number of hydrogen-bond acceptors (Lipinski definition) is 5. The molecule has 0 saturated carbocycles. The van der Waals surface area contributed by atoms with Gasteiger partial charge in [0.15, 0.2) is 5.69 Å². The summed E-state index contributed by atoms with van der Waals surface area (Å²) in [6.07, 6.45) is 8.14. The third kappa shape index (κ3) is 3.45. The second-order valence-electron chi connectivity index (χ2n) is 6.27. The normalized spacial score (nSPS) is 21.3. The van der Waals surface area contributed by atoms with E-state index in [4.69, 9.17) is 9.26 Å². The van der Waals surface area contributed by atoms with Crippen LogP contribution in [0, 0.1) is 23.7 Å². The molecule has 0 radical (unpaired) electrons. The number of carbonyl (C=O) groups excluding carboxylic acids is 1. The molecule has 5 nitrogen and oxygen atoms in total. The zero-order valence-corrected chi connectivity index (χ0v) is 14.8. The summed E-state index contributed by atoms with van der Waals surface area (Å²) in [7, 11) is 0. The van der Waals surface area contributed by atoms with Gasteiger partial charge in [0.25, 0.3) is 0 Å². The Morgan fingerprint density at radius 3 is 2.62 bits per heavy atom. The molecule has 1 heterocycles. The van der Waals surface area contributed by atoms with Crippen LogP contribution in [0.15, 0.2) is 59.2 Å². The molecule has 0 N–H and O–H groups in total. The predicted octanol–water partition coefficient (Wildman–Crippen LogP) is 4.12. The summed E-state index contributed by atoms with van der Waals surface area (Å²) in [6, 6.07) is 12.4. The molecule has 5 heteroatoms. The van der Waals surface area contributed by atoms with E-state index < -0.39 is 11.4 Å². The van der Waals surface area contributed by atoms with E-state index in [0.717, 1.165) is 0 Å². The summed E-state index contributed by atoms with van der Waals surface area (Å²) in [5.41, 5.74) is 1.08. The Kier molecular flexibility index (Phi) is 5.04. The van der Waals surface area contributed by atoms with Crippen molar-refractivity contribution in [3.63, 3.8) is 0 Å². The van der Waals surface area contributed by atoms with Gasteiger partial charge in [-0.1, -0.05) is 59.8 Å². The minimum absolute atomic E-state index is 0.130. The molecule has 1 aromatic heterocycles. The molecule has 3 rings (SSSR count). The van der Waals surface area contributed by atoms with Gasteiger partial charge in [-0.2, -0.15) is 5.26 Å². The number of nitrogens with zero attached hydrogens (tertiary/aromatic N) is 2. The molecule has 0 saturated heterocycles. The van der Waals surface area contributed by atoms with Crippen LogP contribution in [0.3, 0.4) is 0 Å². The number of benzene rings is 1. The molecule has 0 atom stereocenters. The van der Waals surface area contributed by atoms with Crippen molar-refractivity contribution in [2.24, 2.45) is 5.41 Å². The molecule has 0 bridgehead atoms. The van der Waals surface area contributed by atoms with Crippen LogP contribution in [0.4, 0.5) is 0 Å². The van der Waals surface area contributed by atoms with Crippen LogP contribution in [0.1, 0.15) is 40.2 Å². The number of hydrogen-bond donors (Lipinski definition) is 0. The minimum atomic E-state index is -0.844. The average molecular weight is 348 g/mol. The first-order valence-corrected chi connectivity index (χ1v) is 8.56. The largest absolute Gasteiger partial charge is 0.461 e. The van der Waals surface area contributed by atoms with Crippen LogP contribution in [0.5, 0.6) is 0 Å². The van der Waals surface area contributed by atoms with E-state index in [-0.39, 0.29) is 18.2 Å². The van der Waals surface area contributed by atoms with E-state index in [2.05, 4.69) is 23.4 Å². The smallest absolute Gasteiger partial charge is 0.360 e. The van der Waals surface area contributed by atoms with Gasteiger partial charge < -0.3 is 9.26 Å². The molecule has 132 valence electrons. The lowest BCUT2D eigenvalue weighted by Gasteiger charge is -2.24. The summed E-state index contributed by atoms with van der Waals surface area (Å²) < 4.78 is 10.2. The van der Waals surface area contributed by atoms with Gasteiger partial charge in [0.05, 0.1) is 18.1 Å². The molecular formula is C21H20N2O3. The Bertz CT molecular complexity index is 874. The number of ether oxygens (including phenoxy) is 1. The number of aryl methyl sites for hydroxylation is 1. The average Bonchev–Trinajstić information content (AvgIpc) is 3.03. The molecule has 0 amide bonds. The van der Waals surface area contributed by atoms with Gasteiger partial charge in [0.2, 0.25) is 0 Å². The zero-order valence-electron chi connectivity index (χ0n) is 14.8. The summed E-state index contributed by atoms with van der Waals surface area (Å²) >= 11 is 0. The topological polar surface area (TPSA) is 76.1 Å². The monoisotopic (exact) mass is 348 g/mol. The quantitative estimate of drug-likeness (QED) is 0.600. The van der Waals surface area contributed by atoms with Crippen molar-refractivity contribution >= 4 is 5.97 Å². The highest BCUT2D eigenvalue weighted by Crippen LogP contribution is 2.35. The fraction of sp³-hybridized carbons (Fsp3) is 0.286. The van der Waals surface area contributed by atoms with Gasteiger partial charge in [0.1, 0.15) is 5.76 Å². The van der Waals surface area contributed by atoms with E-state index in [9.17, 15) is 10.1 Å². The minimum Gasteiger partial charge on any atom is -0.461 e. The lowest BCUT2D eigenvalue weighted by Crippen LogP contribution is -2.21. The van der Waals surface area contributed by atoms with Crippen molar-refractivity contribution in [3.8, 4) is 6.07 Å². The number of carbonyl (C=O) groups is 1. The summed E-state index contributed by atoms with van der Waals surface area (Å²) in [4.78, 5) is 12.1. The van der Waals surface area contributed by atoms with E-state index in [1.54, 1.807) is 13.8 Å². The first kappa shape index (κ1) is 17.7. The van der Waals surface area contributed by atoms with E-state index in [0.29, 0.717) is 17.7 Å². The highest BCUT2D eigenvalue weighted by atomic mass is 16.5. The lowest BCUT2D eigenvalue weighted by molar-refractivity contribution is 0.0513. The molecule has 1 aliphatic carbocycles. The van der Waals surface area contributed by atoms with Crippen molar-refractivity contribution < 1.29 is 14.1 Å². The Morgan fingerprint density at radius 1 is 1.31 bits per heavy atom. The summed E-state index contributed by atoms with van der Waals surface area (Å²) in [6.45, 7) is 3.73. The second-order valence-corrected chi connectivity index (χ2v) is 6.27. The SMILES string of the molecule is CCOC(=O)c1noc(C)c1CC1(C#N)C=CC(c2ccccc2)C=C1. The molecule has 0 spiro atoms. The first-order chi connectivity index (χ1) is 12.6. The van der Waals surface area contributed by atoms with Gasteiger partial charge in [0, 0.05) is 17.9 Å². The highest BCUT2D eigenvalue weighted by molar-refractivity contribution is 5.89. The number of esters is 1. The Balaban J connectivity index is 1.86. The maximum atomic E-state index is 12.1. The van der Waals surface area contributed by atoms with Crippen molar-refractivity contribution in [3.05, 3.63) is 77.2 Å². The Hall–Kier alpha value is -3.13. The van der Waals surface area contributed by atoms with E-state index in [1.807, 2.05) is 42.5 Å². The standard InChI is InChI=1S/C21H20N2O3/c1-3-25-20(24)19-18(15(2)26-23-19)13-21(14-22)11-9-17(10-12-21)16-7-5-4-6-8-16/h4-12,17H,3,13H2,1-2H3. The molecule has 1 aromatic carbocycles. The number of nitriles is 1. The molecule has 0 unspecified atom stereocenters. The van der Waals surface area contributed by atoms with Crippen LogP contribution < -0.4 is 0 Å². The summed E-state index contributed by atoms with van der Waals surface area (Å²) in [5, 5.41) is 13.6. The van der Waals surface area contributed by atoms with Crippen LogP contribution in [-0.4, -0.2) is 17.7 Å². The third-order valence-electron chi connectivity index (χ3n) is 4.52. The molecule has 0 fully saturated rings. The van der Waals surface area contributed by atoms with Gasteiger partial charge in [-0.15, -0.1) is 0 Å².